The molecule has 1 atom stereocenters. The average Bonchev–Trinajstić information content (AvgIpc) is 2.35. The van der Waals surface area contributed by atoms with Crippen LogP contribution in [-0.2, 0) is 4.74 Å². The third kappa shape index (κ3) is 2.94. The minimum Gasteiger partial charge on any atom is -0.497 e. The lowest BCUT2D eigenvalue weighted by atomic mass is 9.96. The van der Waals surface area contributed by atoms with Gasteiger partial charge in [-0.25, -0.2) is 0 Å². The molecular weight excluding hydrogens is 230 g/mol. The highest BCUT2D eigenvalue weighted by atomic mass is 16.5. The zero-order valence-electron chi connectivity index (χ0n) is 11.0. The standard InChI is InChI=1S/C14H21NO3/c1-16-11-6-7-12(14(8-11)17-2)13(15)9-18-10-4-3-5-10/h6-8,10,13H,3-5,9,15H2,1-2H3. The van der Waals surface area contributed by atoms with E-state index < -0.39 is 0 Å². The Bertz CT molecular complexity index is 391. The molecule has 2 N–H and O–H groups in total. The van der Waals surface area contributed by atoms with E-state index in [9.17, 15) is 0 Å². The Labute approximate surface area is 108 Å². The van der Waals surface area contributed by atoms with Gasteiger partial charge in [-0.1, -0.05) is 0 Å². The molecule has 0 radical (unpaired) electrons. The number of methoxy groups -OCH3 is 2. The van der Waals surface area contributed by atoms with Crippen molar-refractivity contribution in [1.82, 2.24) is 0 Å². The van der Waals surface area contributed by atoms with Crippen LogP contribution >= 0.6 is 0 Å². The number of hydrogen-bond acceptors (Lipinski definition) is 4. The topological polar surface area (TPSA) is 53.7 Å². The molecule has 1 aliphatic rings. The van der Waals surface area contributed by atoms with E-state index in [-0.39, 0.29) is 6.04 Å². The van der Waals surface area contributed by atoms with E-state index >= 15 is 0 Å². The molecular formula is C14H21NO3. The van der Waals surface area contributed by atoms with Crippen LogP contribution in [-0.4, -0.2) is 26.9 Å². The maximum Gasteiger partial charge on any atom is 0.127 e. The second kappa shape index (κ2) is 6.07. The summed E-state index contributed by atoms with van der Waals surface area (Å²) in [7, 11) is 3.27. The molecule has 1 unspecified atom stereocenters. The zero-order valence-corrected chi connectivity index (χ0v) is 11.0. The zero-order chi connectivity index (χ0) is 13.0. The van der Waals surface area contributed by atoms with Crippen molar-refractivity contribution in [3.8, 4) is 11.5 Å². The van der Waals surface area contributed by atoms with Crippen LogP contribution in [0.3, 0.4) is 0 Å². The lowest BCUT2D eigenvalue weighted by Crippen LogP contribution is -2.27. The molecule has 18 heavy (non-hydrogen) atoms. The first kappa shape index (κ1) is 13.2. The molecule has 0 heterocycles. The van der Waals surface area contributed by atoms with Crippen molar-refractivity contribution in [2.45, 2.75) is 31.4 Å². The second-order valence-corrected chi connectivity index (χ2v) is 4.60. The van der Waals surface area contributed by atoms with E-state index in [1.165, 1.54) is 6.42 Å². The van der Waals surface area contributed by atoms with Gasteiger partial charge in [-0.15, -0.1) is 0 Å². The predicted molar refractivity (Wildman–Crippen MR) is 70.1 cm³/mol. The van der Waals surface area contributed by atoms with Gasteiger partial charge in [0, 0.05) is 11.6 Å². The largest absolute Gasteiger partial charge is 0.497 e. The Kier molecular flexibility index (Phi) is 4.44. The maximum atomic E-state index is 6.14. The summed E-state index contributed by atoms with van der Waals surface area (Å²) in [6, 6.07) is 5.51. The van der Waals surface area contributed by atoms with Crippen LogP contribution in [0.4, 0.5) is 0 Å². The lowest BCUT2D eigenvalue weighted by Gasteiger charge is -2.27. The number of ether oxygens (including phenoxy) is 3. The lowest BCUT2D eigenvalue weighted by molar-refractivity contribution is -0.00466. The van der Waals surface area contributed by atoms with Crippen molar-refractivity contribution in [3.63, 3.8) is 0 Å². The number of hydrogen-bond donors (Lipinski definition) is 1. The molecule has 0 amide bonds. The highest BCUT2D eigenvalue weighted by Crippen LogP contribution is 2.30. The van der Waals surface area contributed by atoms with Gasteiger partial charge in [0.25, 0.3) is 0 Å². The Morgan fingerprint density at radius 2 is 2.06 bits per heavy atom. The Balaban J connectivity index is 2.00. The van der Waals surface area contributed by atoms with Crippen LogP contribution in [0.1, 0.15) is 30.9 Å². The fourth-order valence-corrected chi connectivity index (χ4v) is 1.99. The maximum absolute atomic E-state index is 6.14. The highest BCUT2D eigenvalue weighted by molar-refractivity contribution is 5.42. The minimum absolute atomic E-state index is 0.161. The van der Waals surface area contributed by atoms with E-state index in [1.54, 1.807) is 14.2 Å². The van der Waals surface area contributed by atoms with Gasteiger partial charge in [0.15, 0.2) is 0 Å². The SMILES string of the molecule is COc1ccc(C(N)COC2CCC2)c(OC)c1. The molecule has 100 valence electrons. The van der Waals surface area contributed by atoms with Gasteiger partial charge < -0.3 is 19.9 Å². The van der Waals surface area contributed by atoms with Gasteiger partial charge in [0.05, 0.1) is 33.0 Å². The van der Waals surface area contributed by atoms with Gasteiger partial charge in [0.2, 0.25) is 0 Å². The summed E-state index contributed by atoms with van der Waals surface area (Å²) in [5, 5.41) is 0. The molecule has 0 aliphatic heterocycles. The third-order valence-electron chi connectivity index (χ3n) is 3.40. The number of nitrogens with two attached hydrogens (primary N) is 1. The van der Waals surface area contributed by atoms with Crippen LogP contribution in [0.15, 0.2) is 18.2 Å². The fourth-order valence-electron chi connectivity index (χ4n) is 1.99. The molecule has 0 aromatic heterocycles. The Hall–Kier alpha value is -1.26. The summed E-state index contributed by atoms with van der Waals surface area (Å²) >= 11 is 0. The van der Waals surface area contributed by atoms with E-state index in [0.29, 0.717) is 12.7 Å². The summed E-state index contributed by atoms with van der Waals surface area (Å²) in [6.45, 7) is 0.535. The summed E-state index contributed by atoms with van der Waals surface area (Å²) in [5.41, 5.74) is 7.10. The van der Waals surface area contributed by atoms with Gasteiger partial charge in [-0.05, 0) is 31.4 Å². The van der Waals surface area contributed by atoms with E-state index in [4.69, 9.17) is 19.9 Å². The van der Waals surface area contributed by atoms with E-state index in [0.717, 1.165) is 29.9 Å². The summed E-state index contributed by atoms with van der Waals surface area (Å²) in [6.07, 6.45) is 3.99. The summed E-state index contributed by atoms with van der Waals surface area (Å²) < 4.78 is 16.2. The molecule has 1 aromatic rings. The fraction of sp³-hybridized carbons (Fsp3) is 0.571. The number of rotatable bonds is 6. The molecule has 1 aromatic carbocycles. The summed E-state index contributed by atoms with van der Waals surface area (Å²) in [5.74, 6) is 1.52. The predicted octanol–water partition coefficient (Wildman–Crippen LogP) is 2.27. The van der Waals surface area contributed by atoms with Crippen molar-refractivity contribution in [3.05, 3.63) is 23.8 Å². The molecule has 0 spiro atoms. The molecule has 2 rings (SSSR count). The first-order valence-corrected chi connectivity index (χ1v) is 6.33. The van der Waals surface area contributed by atoms with Crippen molar-refractivity contribution in [2.24, 2.45) is 5.73 Å². The van der Waals surface area contributed by atoms with E-state index in [1.807, 2.05) is 18.2 Å². The van der Waals surface area contributed by atoms with Gasteiger partial charge in [-0.2, -0.15) is 0 Å². The van der Waals surface area contributed by atoms with Crippen LogP contribution < -0.4 is 15.2 Å². The van der Waals surface area contributed by atoms with E-state index in [2.05, 4.69) is 0 Å². The van der Waals surface area contributed by atoms with Gasteiger partial charge >= 0.3 is 0 Å². The van der Waals surface area contributed by atoms with Crippen molar-refractivity contribution in [1.29, 1.82) is 0 Å². The molecule has 0 saturated heterocycles. The van der Waals surface area contributed by atoms with Crippen molar-refractivity contribution in [2.75, 3.05) is 20.8 Å². The van der Waals surface area contributed by atoms with Crippen LogP contribution in [0.25, 0.3) is 0 Å². The Morgan fingerprint density at radius 3 is 2.61 bits per heavy atom. The molecule has 0 bridgehead atoms. The molecule has 4 heteroatoms. The molecule has 1 fully saturated rings. The van der Waals surface area contributed by atoms with Crippen LogP contribution in [0.2, 0.25) is 0 Å². The van der Waals surface area contributed by atoms with Gasteiger partial charge in [-0.3, -0.25) is 0 Å². The molecule has 1 aliphatic carbocycles. The average molecular weight is 251 g/mol. The highest BCUT2D eigenvalue weighted by Gasteiger charge is 2.20. The van der Waals surface area contributed by atoms with Crippen LogP contribution in [0, 0.1) is 0 Å². The van der Waals surface area contributed by atoms with Crippen molar-refractivity contribution >= 4 is 0 Å². The first-order valence-electron chi connectivity index (χ1n) is 6.33. The van der Waals surface area contributed by atoms with Crippen LogP contribution in [0.5, 0.6) is 11.5 Å². The normalized spacial score (nSPS) is 17.1. The quantitative estimate of drug-likeness (QED) is 0.842. The first-order chi connectivity index (χ1) is 8.74. The Morgan fingerprint density at radius 1 is 1.28 bits per heavy atom. The number of benzene rings is 1. The monoisotopic (exact) mass is 251 g/mol. The molecule has 4 nitrogen and oxygen atoms in total. The summed E-state index contributed by atoms with van der Waals surface area (Å²) in [4.78, 5) is 0. The minimum atomic E-state index is -0.161. The second-order valence-electron chi connectivity index (χ2n) is 4.60. The smallest absolute Gasteiger partial charge is 0.127 e. The van der Waals surface area contributed by atoms with Gasteiger partial charge in [0.1, 0.15) is 11.5 Å². The molecule has 1 saturated carbocycles. The van der Waals surface area contributed by atoms with Crippen molar-refractivity contribution < 1.29 is 14.2 Å². The third-order valence-corrected chi connectivity index (χ3v) is 3.40.